The molecule has 4 heteroatoms. The van der Waals surface area contributed by atoms with Gasteiger partial charge in [-0.05, 0) is 37.8 Å². The van der Waals surface area contributed by atoms with Crippen molar-refractivity contribution < 1.29 is 9.53 Å². The van der Waals surface area contributed by atoms with E-state index in [0.29, 0.717) is 6.42 Å². The molecule has 0 saturated carbocycles. The van der Waals surface area contributed by atoms with Crippen LogP contribution in [0.5, 0.6) is 0 Å². The fourth-order valence-electron chi connectivity index (χ4n) is 2.93. The summed E-state index contributed by atoms with van der Waals surface area (Å²) in [6.45, 7) is 3.58. The minimum Gasteiger partial charge on any atom is -0.381 e. The summed E-state index contributed by atoms with van der Waals surface area (Å²) in [5.41, 5.74) is 2.23. The van der Waals surface area contributed by atoms with Crippen molar-refractivity contribution in [3.63, 3.8) is 0 Å². The molecule has 0 spiro atoms. The lowest BCUT2D eigenvalue weighted by Crippen LogP contribution is -2.49. The van der Waals surface area contributed by atoms with Crippen LogP contribution in [0.25, 0.3) is 10.9 Å². The van der Waals surface area contributed by atoms with Crippen molar-refractivity contribution in [2.24, 2.45) is 0 Å². The van der Waals surface area contributed by atoms with E-state index in [1.54, 1.807) is 0 Å². The summed E-state index contributed by atoms with van der Waals surface area (Å²) in [4.78, 5) is 15.4. The molecule has 0 unspecified atom stereocenters. The first-order chi connectivity index (χ1) is 10.2. The normalized spacial score (nSPS) is 17.8. The molecule has 2 aromatic rings. The maximum atomic E-state index is 12.2. The minimum atomic E-state index is -0.102. The maximum Gasteiger partial charge on any atom is 0.220 e. The van der Waals surface area contributed by atoms with Crippen molar-refractivity contribution in [3.8, 4) is 0 Å². The molecule has 2 N–H and O–H groups in total. The average Bonchev–Trinajstić information content (AvgIpc) is 2.89. The highest BCUT2D eigenvalue weighted by molar-refractivity contribution is 5.84. The summed E-state index contributed by atoms with van der Waals surface area (Å²) in [6.07, 6.45) is 5.09. The number of fused-ring (bicyclic) bond motifs is 1. The van der Waals surface area contributed by atoms with Crippen LogP contribution in [0.3, 0.4) is 0 Å². The number of aromatic nitrogens is 1. The van der Waals surface area contributed by atoms with Crippen LogP contribution < -0.4 is 5.32 Å². The molecule has 1 amide bonds. The van der Waals surface area contributed by atoms with E-state index in [-0.39, 0.29) is 11.4 Å². The lowest BCUT2D eigenvalue weighted by molar-refractivity contribution is -0.123. The van der Waals surface area contributed by atoms with Crippen LogP contribution in [0.2, 0.25) is 0 Å². The van der Waals surface area contributed by atoms with Crippen LogP contribution in [-0.4, -0.2) is 29.6 Å². The Labute approximate surface area is 124 Å². The van der Waals surface area contributed by atoms with Gasteiger partial charge in [0.2, 0.25) is 5.91 Å². The summed E-state index contributed by atoms with van der Waals surface area (Å²) < 4.78 is 5.36. The number of ether oxygens (including phenoxy) is 1. The molecule has 1 saturated heterocycles. The number of carbonyl (C=O) groups is 1. The van der Waals surface area contributed by atoms with Gasteiger partial charge in [-0.1, -0.05) is 18.2 Å². The molecule has 4 nitrogen and oxygen atoms in total. The minimum absolute atomic E-state index is 0.102. The van der Waals surface area contributed by atoms with Gasteiger partial charge in [-0.15, -0.1) is 0 Å². The van der Waals surface area contributed by atoms with Gasteiger partial charge in [0, 0.05) is 42.3 Å². The smallest absolute Gasteiger partial charge is 0.220 e. The molecule has 1 aromatic heterocycles. The van der Waals surface area contributed by atoms with Crippen molar-refractivity contribution in [1.29, 1.82) is 0 Å². The largest absolute Gasteiger partial charge is 0.381 e. The number of benzene rings is 1. The van der Waals surface area contributed by atoms with Crippen LogP contribution in [0.1, 0.15) is 31.7 Å². The van der Waals surface area contributed by atoms with E-state index >= 15 is 0 Å². The maximum absolute atomic E-state index is 12.2. The van der Waals surface area contributed by atoms with Crippen LogP contribution in [0.4, 0.5) is 0 Å². The summed E-state index contributed by atoms with van der Waals surface area (Å²) in [5.74, 6) is 0.129. The summed E-state index contributed by atoms with van der Waals surface area (Å²) in [6, 6.07) is 8.20. The number of aryl methyl sites for hydroxylation is 1. The quantitative estimate of drug-likeness (QED) is 0.908. The van der Waals surface area contributed by atoms with Crippen molar-refractivity contribution in [2.75, 3.05) is 13.2 Å². The first kappa shape index (κ1) is 14.1. The van der Waals surface area contributed by atoms with Gasteiger partial charge in [0.1, 0.15) is 0 Å². The Bertz CT molecular complexity index is 627. The number of nitrogens with one attached hydrogen (secondary N) is 2. The third-order valence-corrected chi connectivity index (χ3v) is 4.33. The van der Waals surface area contributed by atoms with E-state index in [2.05, 4.69) is 29.4 Å². The average molecular weight is 286 g/mol. The number of amides is 1. The van der Waals surface area contributed by atoms with E-state index in [9.17, 15) is 4.79 Å². The molecule has 0 aliphatic carbocycles. The number of carbonyl (C=O) groups excluding carboxylic acids is 1. The molecular formula is C17H22N2O2. The van der Waals surface area contributed by atoms with E-state index in [0.717, 1.165) is 38.0 Å². The number of hydrogen-bond acceptors (Lipinski definition) is 2. The standard InChI is InChI=1S/C17H22N2O2/c1-17(8-10-21-11-9-17)19-16(20)7-6-13-12-18-15-5-3-2-4-14(13)15/h2-5,12,18H,6-11H2,1H3,(H,19,20). The molecule has 0 radical (unpaired) electrons. The van der Waals surface area contributed by atoms with Gasteiger partial charge in [-0.2, -0.15) is 0 Å². The van der Waals surface area contributed by atoms with Gasteiger partial charge < -0.3 is 15.0 Å². The van der Waals surface area contributed by atoms with Crippen molar-refractivity contribution in [1.82, 2.24) is 10.3 Å². The zero-order valence-electron chi connectivity index (χ0n) is 12.4. The predicted octanol–water partition coefficient (Wildman–Crippen LogP) is 2.79. The monoisotopic (exact) mass is 286 g/mol. The first-order valence-electron chi connectivity index (χ1n) is 7.60. The van der Waals surface area contributed by atoms with Gasteiger partial charge in [0.25, 0.3) is 0 Å². The molecule has 0 bridgehead atoms. The molecule has 21 heavy (non-hydrogen) atoms. The lowest BCUT2D eigenvalue weighted by Gasteiger charge is -2.34. The second kappa shape index (κ2) is 5.90. The van der Waals surface area contributed by atoms with Gasteiger partial charge in [0.05, 0.1) is 0 Å². The molecule has 0 atom stereocenters. The molecule has 112 valence electrons. The first-order valence-corrected chi connectivity index (χ1v) is 7.60. The fourth-order valence-corrected chi connectivity index (χ4v) is 2.93. The van der Waals surface area contributed by atoms with E-state index in [1.165, 1.54) is 10.9 Å². The summed E-state index contributed by atoms with van der Waals surface area (Å²) in [5, 5.41) is 4.39. The highest BCUT2D eigenvalue weighted by Crippen LogP contribution is 2.21. The number of rotatable bonds is 4. The highest BCUT2D eigenvalue weighted by atomic mass is 16.5. The Morgan fingerprint density at radius 2 is 2.10 bits per heavy atom. The van der Waals surface area contributed by atoms with Gasteiger partial charge in [-0.25, -0.2) is 0 Å². The van der Waals surface area contributed by atoms with Crippen molar-refractivity contribution in [2.45, 2.75) is 38.1 Å². The van der Waals surface area contributed by atoms with E-state index in [1.807, 2.05) is 18.3 Å². The Morgan fingerprint density at radius 1 is 1.33 bits per heavy atom. The van der Waals surface area contributed by atoms with Gasteiger partial charge in [-0.3, -0.25) is 4.79 Å². The Balaban J connectivity index is 1.58. The summed E-state index contributed by atoms with van der Waals surface area (Å²) >= 11 is 0. The molecule has 1 aliphatic rings. The molecule has 3 rings (SSSR count). The zero-order valence-corrected chi connectivity index (χ0v) is 12.4. The number of para-hydroxylation sites is 1. The molecule has 1 fully saturated rings. The summed E-state index contributed by atoms with van der Waals surface area (Å²) in [7, 11) is 0. The Hall–Kier alpha value is -1.81. The van der Waals surface area contributed by atoms with Crippen LogP contribution in [0.15, 0.2) is 30.5 Å². The van der Waals surface area contributed by atoms with Gasteiger partial charge in [0.15, 0.2) is 0 Å². The number of H-pyrrole nitrogens is 1. The zero-order chi connectivity index (χ0) is 14.7. The van der Waals surface area contributed by atoms with Crippen LogP contribution in [-0.2, 0) is 16.0 Å². The van der Waals surface area contributed by atoms with Crippen LogP contribution >= 0.6 is 0 Å². The molecule has 1 aliphatic heterocycles. The third kappa shape index (κ3) is 3.27. The second-order valence-corrected chi connectivity index (χ2v) is 6.08. The number of aromatic amines is 1. The topological polar surface area (TPSA) is 54.1 Å². The van der Waals surface area contributed by atoms with Gasteiger partial charge >= 0.3 is 0 Å². The molecule has 1 aromatic carbocycles. The van der Waals surface area contributed by atoms with Crippen LogP contribution in [0, 0.1) is 0 Å². The Morgan fingerprint density at radius 3 is 2.90 bits per heavy atom. The molecular weight excluding hydrogens is 264 g/mol. The van der Waals surface area contributed by atoms with Crippen molar-refractivity contribution >= 4 is 16.8 Å². The third-order valence-electron chi connectivity index (χ3n) is 4.33. The van der Waals surface area contributed by atoms with Crippen molar-refractivity contribution in [3.05, 3.63) is 36.0 Å². The lowest BCUT2D eigenvalue weighted by atomic mass is 9.92. The molecule has 2 heterocycles. The highest BCUT2D eigenvalue weighted by Gasteiger charge is 2.28. The fraction of sp³-hybridized carbons (Fsp3) is 0.471. The number of hydrogen-bond donors (Lipinski definition) is 2. The Kier molecular flexibility index (Phi) is 3.97. The second-order valence-electron chi connectivity index (χ2n) is 6.08. The predicted molar refractivity (Wildman–Crippen MR) is 83.2 cm³/mol. The van der Waals surface area contributed by atoms with E-state index < -0.39 is 0 Å². The van der Waals surface area contributed by atoms with E-state index in [4.69, 9.17) is 4.74 Å². The SMILES string of the molecule is CC1(NC(=O)CCc2c[nH]c3ccccc23)CCOCC1.